The first-order chi connectivity index (χ1) is 8.08. The van der Waals surface area contributed by atoms with Crippen LogP contribution in [0.15, 0.2) is 30.3 Å². The van der Waals surface area contributed by atoms with Crippen LogP contribution < -0.4 is 5.73 Å². The molecule has 1 fully saturated rings. The molecule has 0 aromatic heterocycles. The van der Waals surface area contributed by atoms with E-state index in [1.54, 1.807) is 0 Å². The van der Waals surface area contributed by atoms with E-state index in [-0.39, 0.29) is 5.54 Å². The highest BCUT2D eigenvalue weighted by atomic mass is 15.2. The maximum atomic E-state index is 6.05. The van der Waals surface area contributed by atoms with Crippen molar-refractivity contribution in [3.8, 4) is 0 Å². The Balaban J connectivity index is 1.91. The maximum Gasteiger partial charge on any atom is 0.0168 e. The van der Waals surface area contributed by atoms with E-state index in [1.165, 1.54) is 5.56 Å². The van der Waals surface area contributed by atoms with Crippen molar-refractivity contribution < 1.29 is 0 Å². The molecule has 0 amide bonds. The van der Waals surface area contributed by atoms with Crippen molar-refractivity contribution in [2.75, 3.05) is 13.1 Å². The monoisotopic (exact) mass is 232 g/mol. The first kappa shape index (κ1) is 12.6. The van der Waals surface area contributed by atoms with Crippen LogP contribution in [0.25, 0.3) is 0 Å². The number of benzene rings is 1. The van der Waals surface area contributed by atoms with Crippen molar-refractivity contribution in [1.82, 2.24) is 4.90 Å². The van der Waals surface area contributed by atoms with Gasteiger partial charge >= 0.3 is 0 Å². The van der Waals surface area contributed by atoms with Gasteiger partial charge in [-0.15, -0.1) is 0 Å². The predicted molar refractivity (Wildman–Crippen MR) is 73.0 cm³/mol. The second-order valence-corrected chi connectivity index (χ2v) is 5.79. The van der Waals surface area contributed by atoms with Gasteiger partial charge in [-0.25, -0.2) is 0 Å². The van der Waals surface area contributed by atoms with E-state index in [1.807, 2.05) is 0 Å². The summed E-state index contributed by atoms with van der Waals surface area (Å²) in [5.74, 6) is 0. The predicted octanol–water partition coefficient (Wildman–Crippen LogP) is 2.43. The number of nitrogens with two attached hydrogens (primary N) is 1. The Morgan fingerprint density at radius 3 is 2.65 bits per heavy atom. The molecule has 2 rings (SSSR count). The minimum Gasteiger partial charge on any atom is -0.328 e. The molecule has 1 aromatic carbocycles. The SMILES string of the molecule is CC1(C)CC(N)CCN1CCc1ccccc1. The maximum absolute atomic E-state index is 6.05. The summed E-state index contributed by atoms with van der Waals surface area (Å²) in [5, 5.41) is 0. The van der Waals surface area contributed by atoms with Crippen LogP contribution in [0.4, 0.5) is 0 Å². The van der Waals surface area contributed by atoms with Gasteiger partial charge in [-0.2, -0.15) is 0 Å². The fraction of sp³-hybridized carbons (Fsp3) is 0.600. The zero-order valence-corrected chi connectivity index (χ0v) is 11.0. The molecule has 2 heteroatoms. The smallest absolute Gasteiger partial charge is 0.0168 e. The van der Waals surface area contributed by atoms with Crippen molar-refractivity contribution in [1.29, 1.82) is 0 Å². The van der Waals surface area contributed by atoms with E-state index in [0.29, 0.717) is 6.04 Å². The molecule has 17 heavy (non-hydrogen) atoms. The van der Waals surface area contributed by atoms with E-state index in [0.717, 1.165) is 32.4 Å². The first-order valence-electron chi connectivity index (χ1n) is 6.62. The number of rotatable bonds is 3. The minimum absolute atomic E-state index is 0.256. The van der Waals surface area contributed by atoms with E-state index < -0.39 is 0 Å². The van der Waals surface area contributed by atoms with Gasteiger partial charge in [-0.3, -0.25) is 4.90 Å². The van der Waals surface area contributed by atoms with Gasteiger partial charge in [0.05, 0.1) is 0 Å². The molecule has 1 atom stereocenters. The second-order valence-electron chi connectivity index (χ2n) is 5.79. The summed E-state index contributed by atoms with van der Waals surface area (Å²) in [6.07, 6.45) is 3.39. The first-order valence-corrected chi connectivity index (χ1v) is 6.62. The van der Waals surface area contributed by atoms with Gasteiger partial charge in [0.15, 0.2) is 0 Å². The quantitative estimate of drug-likeness (QED) is 0.867. The van der Waals surface area contributed by atoms with Gasteiger partial charge in [0, 0.05) is 24.7 Å². The van der Waals surface area contributed by atoms with Gasteiger partial charge in [0.2, 0.25) is 0 Å². The molecule has 0 radical (unpaired) electrons. The van der Waals surface area contributed by atoms with Gasteiger partial charge in [0.1, 0.15) is 0 Å². The Hall–Kier alpha value is -0.860. The molecule has 1 heterocycles. The highest BCUT2D eigenvalue weighted by molar-refractivity contribution is 5.15. The zero-order chi connectivity index (χ0) is 12.3. The Morgan fingerprint density at radius 1 is 1.29 bits per heavy atom. The zero-order valence-electron chi connectivity index (χ0n) is 11.0. The van der Waals surface area contributed by atoms with Crippen molar-refractivity contribution in [3.05, 3.63) is 35.9 Å². The number of piperidine rings is 1. The summed E-state index contributed by atoms with van der Waals surface area (Å²) in [6, 6.07) is 11.1. The lowest BCUT2D eigenvalue weighted by molar-refractivity contribution is 0.0681. The number of nitrogens with zero attached hydrogens (tertiary/aromatic N) is 1. The van der Waals surface area contributed by atoms with Crippen LogP contribution >= 0.6 is 0 Å². The van der Waals surface area contributed by atoms with E-state index in [4.69, 9.17) is 5.73 Å². The topological polar surface area (TPSA) is 29.3 Å². The Kier molecular flexibility index (Phi) is 3.85. The molecule has 1 aliphatic heterocycles. The van der Waals surface area contributed by atoms with Crippen LogP contribution in [-0.4, -0.2) is 29.6 Å². The van der Waals surface area contributed by atoms with Crippen LogP contribution in [-0.2, 0) is 6.42 Å². The summed E-state index contributed by atoms with van der Waals surface area (Å²) in [4.78, 5) is 2.59. The van der Waals surface area contributed by atoms with Crippen molar-refractivity contribution in [2.45, 2.75) is 44.7 Å². The molecule has 0 aliphatic carbocycles. The lowest BCUT2D eigenvalue weighted by atomic mass is 9.87. The molecule has 0 bridgehead atoms. The Morgan fingerprint density at radius 2 is 2.00 bits per heavy atom. The second kappa shape index (κ2) is 5.19. The Labute approximate surface area is 105 Å². The number of hydrogen-bond donors (Lipinski definition) is 1. The summed E-state index contributed by atoms with van der Waals surface area (Å²) >= 11 is 0. The molecular weight excluding hydrogens is 208 g/mol. The fourth-order valence-corrected chi connectivity index (χ4v) is 2.82. The number of hydrogen-bond acceptors (Lipinski definition) is 2. The number of likely N-dealkylation sites (tertiary alicyclic amines) is 1. The van der Waals surface area contributed by atoms with Gasteiger partial charge < -0.3 is 5.73 Å². The molecule has 94 valence electrons. The summed E-state index contributed by atoms with van der Waals surface area (Å²) in [5.41, 5.74) is 7.74. The summed E-state index contributed by atoms with van der Waals surface area (Å²) in [7, 11) is 0. The third kappa shape index (κ3) is 3.30. The molecule has 0 spiro atoms. The van der Waals surface area contributed by atoms with Crippen molar-refractivity contribution in [3.63, 3.8) is 0 Å². The average molecular weight is 232 g/mol. The third-order valence-corrected chi connectivity index (χ3v) is 3.90. The van der Waals surface area contributed by atoms with Crippen LogP contribution in [0.5, 0.6) is 0 Å². The summed E-state index contributed by atoms with van der Waals surface area (Å²) < 4.78 is 0. The lowest BCUT2D eigenvalue weighted by Gasteiger charge is -2.45. The minimum atomic E-state index is 0.256. The van der Waals surface area contributed by atoms with Crippen LogP contribution in [0.3, 0.4) is 0 Å². The Bertz CT molecular complexity index is 345. The molecule has 2 nitrogen and oxygen atoms in total. The van der Waals surface area contributed by atoms with Gasteiger partial charge in [-0.1, -0.05) is 30.3 Å². The third-order valence-electron chi connectivity index (χ3n) is 3.90. The molecule has 0 saturated carbocycles. The fourth-order valence-electron chi connectivity index (χ4n) is 2.82. The molecule has 1 aliphatic rings. The summed E-state index contributed by atoms with van der Waals surface area (Å²) in [6.45, 7) is 6.92. The lowest BCUT2D eigenvalue weighted by Crippen LogP contribution is -2.53. The van der Waals surface area contributed by atoms with Crippen LogP contribution in [0.2, 0.25) is 0 Å². The van der Waals surface area contributed by atoms with Gasteiger partial charge in [0.25, 0.3) is 0 Å². The standard InChI is InChI=1S/C15H24N2/c1-15(2)12-14(16)9-11-17(15)10-8-13-6-4-3-5-7-13/h3-7,14H,8-12,16H2,1-2H3. The normalized spacial score (nSPS) is 24.8. The van der Waals surface area contributed by atoms with E-state index in [9.17, 15) is 0 Å². The molecule has 1 saturated heterocycles. The van der Waals surface area contributed by atoms with Crippen molar-refractivity contribution in [2.24, 2.45) is 5.73 Å². The van der Waals surface area contributed by atoms with Crippen LogP contribution in [0.1, 0.15) is 32.3 Å². The van der Waals surface area contributed by atoms with Crippen LogP contribution in [0, 0.1) is 0 Å². The van der Waals surface area contributed by atoms with E-state index >= 15 is 0 Å². The highest BCUT2D eigenvalue weighted by Crippen LogP contribution is 2.26. The molecule has 1 aromatic rings. The average Bonchev–Trinajstić information content (AvgIpc) is 2.28. The molecule has 2 N–H and O–H groups in total. The van der Waals surface area contributed by atoms with Gasteiger partial charge in [-0.05, 0) is 38.7 Å². The van der Waals surface area contributed by atoms with Crippen molar-refractivity contribution >= 4 is 0 Å². The molecular formula is C15H24N2. The van der Waals surface area contributed by atoms with E-state index in [2.05, 4.69) is 49.1 Å². The largest absolute Gasteiger partial charge is 0.328 e. The highest BCUT2D eigenvalue weighted by Gasteiger charge is 2.32. The molecule has 1 unspecified atom stereocenters.